The summed E-state index contributed by atoms with van der Waals surface area (Å²) < 4.78 is 11.1. The van der Waals surface area contributed by atoms with Crippen molar-refractivity contribution in [1.29, 1.82) is 0 Å². The Bertz CT molecular complexity index is 780. The maximum Gasteiger partial charge on any atom is 0.261 e. The second-order valence-electron chi connectivity index (χ2n) is 5.32. The van der Waals surface area contributed by atoms with Crippen LogP contribution in [0.15, 0.2) is 65.3 Å². The van der Waals surface area contributed by atoms with Gasteiger partial charge in [-0.25, -0.2) is 0 Å². The van der Waals surface area contributed by atoms with Crippen LogP contribution >= 0.6 is 0 Å². The Hall–Kier alpha value is -2.75. The summed E-state index contributed by atoms with van der Waals surface area (Å²) in [6.07, 6.45) is 1.66. The van der Waals surface area contributed by atoms with Crippen molar-refractivity contribution in [3.8, 4) is 5.75 Å². The molecule has 1 amide bonds. The Kier molecular flexibility index (Phi) is 4.62. The molecule has 118 valence electrons. The lowest BCUT2D eigenvalue weighted by molar-refractivity contribution is -0.128. The molecule has 0 bridgehead atoms. The van der Waals surface area contributed by atoms with Gasteiger partial charge in [0.15, 0.2) is 6.10 Å². The number of rotatable bonds is 6. The summed E-state index contributed by atoms with van der Waals surface area (Å²) in [6, 6.07) is 17.5. The number of ether oxygens (including phenoxy) is 1. The first-order valence-electron chi connectivity index (χ1n) is 7.72. The molecule has 4 heteroatoms. The number of fused-ring (bicyclic) bond motifs is 1. The molecule has 3 rings (SSSR count). The Morgan fingerprint density at radius 3 is 2.70 bits per heavy atom. The molecule has 4 nitrogen and oxygen atoms in total. The first-order valence-corrected chi connectivity index (χ1v) is 7.72. The van der Waals surface area contributed by atoms with E-state index in [1.165, 1.54) is 0 Å². The third kappa shape index (κ3) is 3.72. The van der Waals surface area contributed by atoms with Gasteiger partial charge < -0.3 is 14.5 Å². The van der Waals surface area contributed by atoms with Crippen LogP contribution in [0.5, 0.6) is 5.75 Å². The fourth-order valence-electron chi connectivity index (χ4n) is 2.43. The summed E-state index contributed by atoms with van der Waals surface area (Å²) in [5.74, 6) is 1.28. The highest BCUT2D eigenvalue weighted by Gasteiger charge is 2.18. The van der Waals surface area contributed by atoms with Gasteiger partial charge in [0.2, 0.25) is 0 Å². The van der Waals surface area contributed by atoms with E-state index in [9.17, 15) is 4.79 Å². The van der Waals surface area contributed by atoms with Gasteiger partial charge in [-0.2, -0.15) is 0 Å². The Morgan fingerprint density at radius 1 is 1.13 bits per heavy atom. The average Bonchev–Trinajstić information content (AvgIpc) is 3.11. The van der Waals surface area contributed by atoms with Crippen LogP contribution in [0.3, 0.4) is 0 Å². The zero-order chi connectivity index (χ0) is 16.1. The van der Waals surface area contributed by atoms with Crippen molar-refractivity contribution >= 4 is 16.7 Å². The molecule has 0 aliphatic rings. The minimum atomic E-state index is -0.522. The molecule has 0 aliphatic carbocycles. The maximum atomic E-state index is 12.3. The Balaban J connectivity index is 1.66. The molecule has 0 aliphatic heterocycles. The lowest BCUT2D eigenvalue weighted by Crippen LogP contribution is -2.37. The Labute approximate surface area is 135 Å². The van der Waals surface area contributed by atoms with Crippen LogP contribution in [-0.2, 0) is 11.3 Å². The van der Waals surface area contributed by atoms with Gasteiger partial charge in [0.25, 0.3) is 5.91 Å². The first-order chi connectivity index (χ1) is 11.3. The normalized spacial score (nSPS) is 12.0. The summed E-state index contributed by atoms with van der Waals surface area (Å²) >= 11 is 0. The van der Waals surface area contributed by atoms with Crippen LogP contribution in [0, 0.1) is 0 Å². The quantitative estimate of drug-likeness (QED) is 0.751. The van der Waals surface area contributed by atoms with Crippen LogP contribution in [0.25, 0.3) is 10.8 Å². The molecule has 1 heterocycles. The molecule has 3 aromatic rings. The summed E-state index contributed by atoms with van der Waals surface area (Å²) in [5.41, 5.74) is 0. The van der Waals surface area contributed by atoms with E-state index in [0.717, 1.165) is 16.5 Å². The van der Waals surface area contributed by atoms with Gasteiger partial charge in [-0.1, -0.05) is 37.3 Å². The maximum absolute atomic E-state index is 12.3. The van der Waals surface area contributed by atoms with Crippen LogP contribution in [0.1, 0.15) is 19.1 Å². The second-order valence-corrected chi connectivity index (χ2v) is 5.32. The van der Waals surface area contributed by atoms with E-state index in [1.807, 2.05) is 55.5 Å². The van der Waals surface area contributed by atoms with Crippen LogP contribution < -0.4 is 10.1 Å². The monoisotopic (exact) mass is 309 g/mol. The molecular formula is C19H19NO3. The van der Waals surface area contributed by atoms with E-state index in [4.69, 9.17) is 9.15 Å². The van der Waals surface area contributed by atoms with Crippen molar-refractivity contribution in [2.24, 2.45) is 0 Å². The third-order valence-corrected chi connectivity index (χ3v) is 3.68. The summed E-state index contributed by atoms with van der Waals surface area (Å²) in [7, 11) is 0. The lowest BCUT2D eigenvalue weighted by atomic mass is 10.1. The minimum absolute atomic E-state index is 0.142. The molecule has 2 aromatic carbocycles. The van der Waals surface area contributed by atoms with Crippen LogP contribution in [0.4, 0.5) is 0 Å². The van der Waals surface area contributed by atoms with E-state index in [1.54, 1.807) is 12.3 Å². The number of hydrogen-bond acceptors (Lipinski definition) is 3. The van der Waals surface area contributed by atoms with Crippen LogP contribution in [0.2, 0.25) is 0 Å². The van der Waals surface area contributed by atoms with Gasteiger partial charge >= 0.3 is 0 Å². The summed E-state index contributed by atoms with van der Waals surface area (Å²) in [5, 5.41) is 5.08. The number of amides is 1. The molecule has 0 radical (unpaired) electrons. The number of carbonyl (C=O) groups excluding carboxylic acids is 1. The minimum Gasteiger partial charge on any atom is -0.481 e. The number of nitrogens with one attached hydrogen (secondary N) is 1. The fourth-order valence-corrected chi connectivity index (χ4v) is 2.43. The summed E-state index contributed by atoms with van der Waals surface area (Å²) in [6.45, 7) is 2.29. The predicted octanol–water partition coefficient (Wildman–Crippen LogP) is 3.91. The van der Waals surface area contributed by atoms with Crippen molar-refractivity contribution in [3.63, 3.8) is 0 Å². The van der Waals surface area contributed by atoms with Crippen molar-refractivity contribution < 1.29 is 13.9 Å². The van der Waals surface area contributed by atoms with Gasteiger partial charge in [-0.15, -0.1) is 0 Å². The van der Waals surface area contributed by atoms with Crippen molar-refractivity contribution in [2.45, 2.75) is 26.0 Å². The number of furan rings is 1. The largest absolute Gasteiger partial charge is 0.481 e. The molecule has 0 saturated heterocycles. The van der Waals surface area contributed by atoms with Gasteiger partial charge in [-0.05, 0) is 41.5 Å². The molecule has 0 unspecified atom stereocenters. The fraction of sp³-hybridized carbons (Fsp3) is 0.211. The topological polar surface area (TPSA) is 51.5 Å². The van der Waals surface area contributed by atoms with Gasteiger partial charge in [0.1, 0.15) is 11.5 Å². The highest BCUT2D eigenvalue weighted by molar-refractivity contribution is 5.84. The first kappa shape index (κ1) is 15.2. The van der Waals surface area contributed by atoms with E-state index < -0.39 is 6.10 Å². The Morgan fingerprint density at radius 2 is 1.96 bits per heavy atom. The van der Waals surface area contributed by atoms with Crippen LogP contribution in [-0.4, -0.2) is 12.0 Å². The van der Waals surface area contributed by atoms with E-state index >= 15 is 0 Å². The third-order valence-electron chi connectivity index (χ3n) is 3.68. The van der Waals surface area contributed by atoms with E-state index in [0.29, 0.717) is 18.7 Å². The SMILES string of the molecule is CC[C@H](Oc1ccc2ccccc2c1)C(=O)NCc1ccco1. The zero-order valence-electron chi connectivity index (χ0n) is 13.0. The molecule has 1 N–H and O–H groups in total. The van der Waals surface area contributed by atoms with Crippen molar-refractivity contribution in [2.75, 3.05) is 0 Å². The predicted molar refractivity (Wildman–Crippen MR) is 89.2 cm³/mol. The van der Waals surface area contributed by atoms with Gasteiger partial charge in [0.05, 0.1) is 12.8 Å². The molecule has 1 aromatic heterocycles. The van der Waals surface area contributed by atoms with E-state index in [-0.39, 0.29) is 5.91 Å². The molecule has 1 atom stereocenters. The average molecular weight is 309 g/mol. The molecule has 0 saturated carbocycles. The smallest absolute Gasteiger partial charge is 0.261 e. The number of carbonyl (C=O) groups is 1. The standard InChI is InChI=1S/C19H19NO3/c1-2-18(19(21)20-13-17-8-5-11-22-17)23-16-10-9-14-6-3-4-7-15(14)12-16/h3-12,18H,2,13H2,1H3,(H,20,21)/t18-/m0/s1. The zero-order valence-corrected chi connectivity index (χ0v) is 13.0. The molecule has 23 heavy (non-hydrogen) atoms. The number of hydrogen-bond donors (Lipinski definition) is 1. The summed E-state index contributed by atoms with van der Waals surface area (Å²) in [4.78, 5) is 12.3. The number of benzene rings is 2. The van der Waals surface area contributed by atoms with Crippen molar-refractivity contribution in [3.05, 3.63) is 66.6 Å². The lowest BCUT2D eigenvalue weighted by Gasteiger charge is -2.17. The molecular weight excluding hydrogens is 290 g/mol. The van der Waals surface area contributed by atoms with Crippen molar-refractivity contribution in [1.82, 2.24) is 5.32 Å². The second kappa shape index (κ2) is 7.01. The van der Waals surface area contributed by atoms with E-state index in [2.05, 4.69) is 5.32 Å². The van der Waals surface area contributed by atoms with Gasteiger partial charge in [-0.3, -0.25) is 4.79 Å². The highest BCUT2D eigenvalue weighted by Crippen LogP contribution is 2.22. The van der Waals surface area contributed by atoms with Gasteiger partial charge in [0, 0.05) is 0 Å². The molecule has 0 fully saturated rings. The highest BCUT2D eigenvalue weighted by atomic mass is 16.5. The molecule has 0 spiro atoms.